The Balaban J connectivity index is 2.43. The van der Waals surface area contributed by atoms with Crippen LogP contribution in [0.2, 0.25) is 0 Å². The van der Waals surface area contributed by atoms with Crippen LogP contribution in [-0.2, 0) is 0 Å². The summed E-state index contributed by atoms with van der Waals surface area (Å²) in [6.45, 7) is 3.19. The standard InChI is InChI=1S/C13H14FNO3/c1-7(6-16)15-13(17)11-8(2)9-4-3-5-10(14)12(9)18-11/h3-5,7,16H,6H2,1-2H3,(H,15,17)/t7-/m1/s1. The van der Waals surface area contributed by atoms with Gasteiger partial charge in [-0.25, -0.2) is 4.39 Å². The third-order valence-corrected chi connectivity index (χ3v) is 2.77. The van der Waals surface area contributed by atoms with Crippen LogP contribution in [0.1, 0.15) is 23.0 Å². The molecule has 2 rings (SSSR count). The van der Waals surface area contributed by atoms with Crippen molar-refractivity contribution in [2.45, 2.75) is 19.9 Å². The Morgan fingerprint density at radius 3 is 2.89 bits per heavy atom. The fourth-order valence-electron chi connectivity index (χ4n) is 1.76. The first kappa shape index (κ1) is 12.6. The highest BCUT2D eigenvalue weighted by Crippen LogP contribution is 2.27. The van der Waals surface area contributed by atoms with Crippen molar-refractivity contribution in [1.82, 2.24) is 5.32 Å². The van der Waals surface area contributed by atoms with Crippen molar-refractivity contribution in [3.8, 4) is 0 Å². The molecule has 0 unspecified atom stereocenters. The summed E-state index contributed by atoms with van der Waals surface area (Å²) in [6.07, 6.45) is 0. The van der Waals surface area contributed by atoms with Gasteiger partial charge in [-0.05, 0) is 19.9 Å². The van der Waals surface area contributed by atoms with Crippen LogP contribution in [0.3, 0.4) is 0 Å². The zero-order valence-electron chi connectivity index (χ0n) is 10.2. The number of para-hydroxylation sites is 1. The average molecular weight is 251 g/mol. The minimum Gasteiger partial charge on any atom is -0.448 e. The molecule has 0 aliphatic heterocycles. The number of carbonyl (C=O) groups is 1. The predicted molar refractivity (Wildman–Crippen MR) is 64.9 cm³/mol. The van der Waals surface area contributed by atoms with Crippen LogP contribution in [-0.4, -0.2) is 23.7 Å². The maximum atomic E-state index is 13.5. The molecule has 1 amide bonds. The number of carbonyl (C=O) groups excluding carboxylic acids is 1. The lowest BCUT2D eigenvalue weighted by molar-refractivity contribution is 0.0895. The van der Waals surface area contributed by atoms with Gasteiger partial charge >= 0.3 is 0 Å². The minimum atomic E-state index is -0.496. The second-order valence-corrected chi connectivity index (χ2v) is 4.23. The lowest BCUT2D eigenvalue weighted by atomic mass is 10.1. The SMILES string of the molecule is Cc1c(C(=O)N[C@H](C)CO)oc2c(F)cccc12. The van der Waals surface area contributed by atoms with Crippen molar-refractivity contribution in [3.63, 3.8) is 0 Å². The molecule has 0 saturated carbocycles. The molecule has 2 N–H and O–H groups in total. The van der Waals surface area contributed by atoms with E-state index in [1.54, 1.807) is 26.0 Å². The smallest absolute Gasteiger partial charge is 0.287 e. The molecule has 1 atom stereocenters. The Labute approximate surface area is 103 Å². The number of amides is 1. The second-order valence-electron chi connectivity index (χ2n) is 4.23. The van der Waals surface area contributed by atoms with Crippen LogP contribution in [0.5, 0.6) is 0 Å². The van der Waals surface area contributed by atoms with E-state index in [0.29, 0.717) is 10.9 Å². The molecule has 1 heterocycles. The highest BCUT2D eigenvalue weighted by Gasteiger charge is 2.20. The topological polar surface area (TPSA) is 62.5 Å². The van der Waals surface area contributed by atoms with Gasteiger partial charge in [-0.2, -0.15) is 0 Å². The van der Waals surface area contributed by atoms with Gasteiger partial charge in [-0.15, -0.1) is 0 Å². The highest BCUT2D eigenvalue weighted by atomic mass is 19.1. The number of aryl methyl sites for hydroxylation is 1. The number of hydrogen-bond donors (Lipinski definition) is 2. The lowest BCUT2D eigenvalue weighted by Gasteiger charge is -2.09. The Bertz CT molecular complexity index is 591. The molecule has 0 fully saturated rings. The van der Waals surface area contributed by atoms with Crippen LogP contribution in [0, 0.1) is 12.7 Å². The molecule has 0 aliphatic carbocycles. The Morgan fingerprint density at radius 2 is 2.28 bits per heavy atom. The molecule has 18 heavy (non-hydrogen) atoms. The van der Waals surface area contributed by atoms with E-state index in [2.05, 4.69) is 5.32 Å². The summed E-state index contributed by atoms with van der Waals surface area (Å²) in [5.41, 5.74) is 0.670. The number of benzene rings is 1. The lowest BCUT2D eigenvalue weighted by Crippen LogP contribution is -2.35. The molecule has 96 valence electrons. The fraction of sp³-hybridized carbons (Fsp3) is 0.308. The summed E-state index contributed by atoms with van der Waals surface area (Å²) < 4.78 is 18.8. The van der Waals surface area contributed by atoms with Gasteiger partial charge in [0.2, 0.25) is 0 Å². The molecule has 0 spiro atoms. The molecule has 5 heteroatoms. The van der Waals surface area contributed by atoms with E-state index in [9.17, 15) is 9.18 Å². The first-order valence-electron chi connectivity index (χ1n) is 5.64. The Kier molecular flexibility index (Phi) is 3.34. The molecule has 0 radical (unpaired) electrons. The monoisotopic (exact) mass is 251 g/mol. The zero-order valence-corrected chi connectivity index (χ0v) is 10.2. The fourth-order valence-corrected chi connectivity index (χ4v) is 1.76. The average Bonchev–Trinajstić information content (AvgIpc) is 2.69. The van der Waals surface area contributed by atoms with Gasteiger partial charge in [0.1, 0.15) is 0 Å². The quantitative estimate of drug-likeness (QED) is 0.876. The summed E-state index contributed by atoms with van der Waals surface area (Å²) in [5, 5.41) is 12.0. The maximum absolute atomic E-state index is 13.5. The summed E-state index contributed by atoms with van der Waals surface area (Å²) in [4.78, 5) is 11.9. The van der Waals surface area contributed by atoms with E-state index in [1.165, 1.54) is 6.07 Å². The molecule has 0 aliphatic rings. The summed E-state index contributed by atoms with van der Waals surface area (Å²) >= 11 is 0. The van der Waals surface area contributed by atoms with Gasteiger partial charge in [0.15, 0.2) is 17.2 Å². The van der Waals surface area contributed by atoms with Gasteiger partial charge in [0.05, 0.1) is 6.61 Å². The van der Waals surface area contributed by atoms with Crippen LogP contribution in [0.4, 0.5) is 4.39 Å². The van der Waals surface area contributed by atoms with E-state index in [0.717, 1.165) is 0 Å². The van der Waals surface area contributed by atoms with Crippen LogP contribution in [0.15, 0.2) is 22.6 Å². The molecular formula is C13H14FNO3. The van der Waals surface area contributed by atoms with Crippen LogP contribution >= 0.6 is 0 Å². The molecule has 0 saturated heterocycles. The van der Waals surface area contributed by atoms with Crippen molar-refractivity contribution in [2.75, 3.05) is 6.61 Å². The van der Waals surface area contributed by atoms with Crippen molar-refractivity contribution < 1.29 is 18.7 Å². The maximum Gasteiger partial charge on any atom is 0.287 e. The van der Waals surface area contributed by atoms with Crippen LogP contribution < -0.4 is 5.32 Å². The van der Waals surface area contributed by atoms with Gasteiger partial charge < -0.3 is 14.8 Å². The van der Waals surface area contributed by atoms with Crippen molar-refractivity contribution in [1.29, 1.82) is 0 Å². The number of furan rings is 1. The van der Waals surface area contributed by atoms with E-state index >= 15 is 0 Å². The van der Waals surface area contributed by atoms with E-state index in [1.807, 2.05) is 0 Å². The van der Waals surface area contributed by atoms with Crippen LogP contribution in [0.25, 0.3) is 11.0 Å². The molecule has 2 aromatic rings. The molecule has 4 nitrogen and oxygen atoms in total. The first-order chi connectivity index (χ1) is 8.54. The number of hydrogen-bond acceptors (Lipinski definition) is 3. The Morgan fingerprint density at radius 1 is 1.56 bits per heavy atom. The van der Waals surface area contributed by atoms with Crippen molar-refractivity contribution in [3.05, 3.63) is 35.3 Å². The molecule has 0 bridgehead atoms. The van der Waals surface area contributed by atoms with E-state index < -0.39 is 11.7 Å². The van der Waals surface area contributed by atoms with Gasteiger partial charge in [0, 0.05) is 17.0 Å². The molecule has 1 aromatic carbocycles. The normalized spacial score (nSPS) is 12.7. The number of fused-ring (bicyclic) bond motifs is 1. The van der Waals surface area contributed by atoms with Crippen molar-refractivity contribution >= 4 is 16.9 Å². The predicted octanol–water partition coefficient (Wildman–Crippen LogP) is 1.99. The number of rotatable bonds is 3. The highest BCUT2D eigenvalue weighted by molar-refractivity contribution is 5.99. The van der Waals surface area contributed by atoms with Gasteiger partial charge in [-0.1, -0.05) is 12.1 Å². The summed E-state index contributed by atoms with van der Waals surface area (Å²) in [7, 11) is 0. The third-order valence-electron chi connectivity index (χ3n) is 2.77. The largest absolute Gasteiger partial charge is 0.448 e. The summed E-state index contributed by atoms with van der Waals surface area (Å²) in [6, 6.07) is 4.17. The zero-order chi connectivity index (χ0) is 13.3. The molecular weight excluding hydrogens is 237 g/mol. The van der Waals surface area contributed by atoms with E-state index in [-0.39, 0.29) is 24.0 Å². The number of halogens is 1. The third kappa shape index (κ3) is 2.09. The Hall–Kier alpha value is -1.88. The number of nitrogens with one attached hydrogen (secondary N) is 1. The summed E-state index contributed by atoms with van der Waals surface area (Å²) in [5.74, 6) is -0.870. The molecule has 1 aromatic heterocycles. The number of aliphatic hydroxyl groups excluding tert-OH is 1. The second kappa shape index (κ2) is 4.78. The minimum absolute atomic E-state index is 0.0791. The number of aliphatic hydroxyl groups is 1. The van der Waals surface area contributed by atoms with Gasteiger partial charge in [-0.3, -0.25) is 4.79 Å². The van der Waals surface area contributed by atoms with Crippen molar-refractivity contribution in [2.24, 2.45) is 0 Å². The van der Waals surface area contributed by atoms with Gasteiger partial charge in [0.25, 0.3) is 5.91 Å². The first-order valence-corrected chi connectivity index (χ1v) is 5.64. The van der Waals surface area contributed by atoms with E-state index in [4.69, 9.17) is 9.52 Å².